The van der Waals surface area contributed by atoms with Gasteiger partial charge in [0.05, 0.1) is 5.92 Å². The van der Waals surface area contributed by atoms with Crippen molar-refractivity contribution in [2.24, 2.45) is 5.92 Å². The molecule has 0 saturated heterocycles. The Kier molecular flexibility index (Phi) is 4.23. The van der Waals surface area contributed by atoms with E-state index in [1.807, 2.05) is 0 Å². The topological polar surface area (TPSA) is 75.3 Å². The fourth-order valence-corrected chi connectivity index (χ4v) is 3.04. The van der Waals surface area contributed by atoms with Gasteiger partial charge in [-0.05, 0) is 30.5 Å². The molecule has 0 aromatic heterocycles. The van der Waals surface area contributed by atoms with Crippen molar-refractivity contribution >= 4 is 17.6 Å². The van der Waals surface area contributed by atoms with E-state index < -0.39 is 5.92 Å². The number of carbonyl (C=O) groups excluding carboxylic acids is 3. The molecule has 23 heavy (non-hydrogen) atoms. The minimum absolute atomic E-state index is 0.0141. The van der Waals surface area contributed by atoms with Crippen LogP contribution < -0.4 is 10.6 Å². The number of rotatable bonds is 3. The molecular formula is C17H17FN2O3. The van der Waals surface area contributed by atoms with Gasteiger partial charge in [-0.15, -0.1) is 0 Å². The first-order valence-corrected chi connectivity index (χ1v) is 7.63. The van der Waals surface area contributed by atoms with Crippen LogP contribution in [0.15, 0.2) is 35.5 Å². The number of hydrogen-bond acceptors (Lipinski definition) is 3. The van der Waals surface area contributed by atoms with E-state index in [0.29, 0.717) is 30.5 Å². The molecule has 1 aromatic carbocycles. The van der Waals surface area contributed by atoms with Gasteiger partial charge in [0.1, 0.15) is 5.82 Å². The summed E-state index contributed by atoms with van der Waals surface area (Å²) in [5, 5.41) is 5.45. The lowest BCUT2D eigenvalue weighted by atomic mass is 9.81. The van der Waals surface area contributed by atoms with E-state index in [9.17, 15) is 18.8 Å². The number of nitrogens with one attached hydrogen (secondary N) is 2. The number of hydrogen-bond donors (Lipinski definition) is 2. The summed E-state index contributed by atoms with van der Waals surface area (Å²) < 4.78 is 12.9. The van der Waals surface area contributed by atoms with Crippen LogP contribution in [0.2, 0.25) is 0 Å². The van der Waals surface area contributed by atoms with Gasteiger partial charge in [0, 0.05) is 30.7 Å². The highest BCUT2D eigenvalue weighted by Crippen LogP contribution is 2.31. The zero-order valence-electron chi connectivity index (χ0n) is 12.5. The van der Waals surface area contributed by atoms with Crippen LogP contribution >= 0.6 is 0 Å². The van der Waals surface area contributed by atoms with Gasteiger partial charge in [-0.25, -0.2) is 4.39 Å². The molecule has 0 unspecified atom stereocenters. The Morgan fingerprint density at radius 3 is 2.70 bits per heavy atom. The first kappa shape index (κ1) is 15.4. The van der Waals surface area contributed by atoms with Crippen LogP contribution in [0.5, 0.6) is 0 Å². The maximum Gasteiger partial charge on any atom is 0.228 e. The largest absolute Gasteiger partial charge is 0.351 e. The summed E-state index contributed by atoms with van der Waals surface area (Å²) in [6.07, 6.45) is 1.71. The fraction of sp³-hybridized carbons (Fsp3) is 0.353. The molecule has 2 N–H and O–H groups in total. The van der Waals surface area contributed by atoms with E-state index >= 15 is 0 Å². The highest BCUT2D eigenvalue weighted by molar-refractivity contribution is 6.06. The van der Waals surface area contributed by atoms with Gasteiger partial charge >= 0.3 is 0 Å². The van der Waals surface area contributed by atoms with E-state index in [-0.39, 0.29) is 36.4 Å². The molecule has 1 aliphatic carbocycles. The van der Waals surface area contributed by atoms with Gasteiger partial charge < -0.3 is 10.6 Å². The third-order valence-electron chi connectivity index (χ3n) is 4.18. The smallest absolute Gasteiger partial charge is 0.228 e. The summed E-state index contributed by atoms with van der Waals surface area (Å²) >= 11 is 0. The van der Waals surface area contributed by atoms with Crippen LogP contribution in [0.3, 0.4) is 0 Å². The maximum absolute atomic E-state index is 12.9. The van der Waals surface area contributed by atoms with Crippen LogP contribution in [0.1, 0.15) is 31.2 Å². The first-order chi connectivity index (χ1) is 11.0. The fourth-order valence-electron chi connectivity index (χ4n) is 3.04. The molecule has 6 heteroatoms. The number of benzene rings is 1. The Morgan fingerprint density at radius 2 is 1.96 bits per heavy atom. The molecule has 0 spiro atoms. The molecule has 2 amide bonds. The zero-order chi connectivity index (χ0) is 16.4. The molecule has 1 aliphatic heterocycles. The van der Waals surface area contributed by atoms with Crippen LogP contribution in [0.4, 0.5) is 4.39 Å². The number of ketones is 1. The van der Waals surface area contributed by atoms with Crippen molar-refractivity contribution in [3.8, 4) is 0 Å². The Labute approximate surface area is 132 Å². The van der Waals surface area contributed by atoms with Gasteiger partial charge in [-0.2, -0.15) is 0 Å². The normalized spacial score (nSPS) is 20.8. The van der Waals surface area contributed by atoms with E-state index in [1.165, 1.54) is 12.1 Å². The van der Waals surface area contributed by atoms with E-state index in [2.05, 4.69) is 10.6 Å². The predicted octanol–water partition coefficient (Wildman–Crippen LogP) is 1.59. The second-order valence-corrected chi connectivity index (χ2v) is 5.82. The Hall–Kier alpha value is -2.50. The minimum atomic E-state index is -0.730. The molecule has 3 rings (SSSR count). The van der Waals surface area contributed by atoms with Crippen LogP contribution in [0, 0.1) is 11.7 Å². The number of amides is 2. The lowest BCUT2D eigenvalue weighted by molar-refractivity contribution is -0.131. The average Bonchev–Trinajstić information content (AvgIpc) is 2.53. The Bertz CT molecular complexity index is 694. The predicted molar refractivity (Wildman–Crippen MR) is 80.4 cm³/mol. The van der Waals surface area contributed by atoms with Gasteiger partial charge in [-0.1, -0.05) is 12.1 Å². The third-order valence-corrected chi connectivity index (χ3v) is 4.18. The quantitative estimate of drug-likeness (QED) is 0.889. The van der Waals surface area contributed by atoms with Crippen molar-refractivity contribution in [1.29, 1.82) is 0 Å². The summed E-state index contributed by atoms with van der Waals surface area (Å²) in [5.74, 6) is -1.71. The van der Waals surface area contributed by atoms with E-state index in [4.69, 9.17) is 0 Å². The van der Waals surface area contributed by atoms with E-state index in [0.717, 1.165) is 5.56 Å². The zero-order valence-corrected chi connectivity index (χ0v) is 12.5. The number of carbonyl (C=O) groups is 3. The minimum Gasteiger partial charge on any atom is -0.351 e. The number of halogens is 1. The van der Waals surface area contributed by atoms with Crippen molar-refractivity contribution in [3.05, 3.63) is 46.9 Å². The van der Waals surface area contributed by atoms with Crippen molar-refractivity contribution in [2.75, 3.05) is 0 Å². The molecule has 0 radical (unpaired) electrons. The molecule has 1 heterocycles. The monoisotopic (exact) mass is 316 g/mol. The number of allylic oxidation sites excluding steroid dienone is 1. The summed E-state index contributed by atoms with van der Waals surface area (Å²) in [6, 6.07) is 5.81. The maximum atomic E-state index is 12.9. The molecule has 0 fully saturated rings. The molecule has 1 aromatic rings. The highest BCUT2D eigenvalue weighted by Gasteiger charge is 2.37. The molecular weight excluding hydrogens is 299 g/mol. The molecule has 1 atom stereocenters. The van der Waals surface area contributed by atoms with Crippen molar-refractivity contribution in [1.82, 2.24) is 10.6 Å². The number of Topliss-reactive ketones (excluding diaryl/α,β-unsaturated/α-hetero) is 1. The molecule has 120 valence electrons. The molecule has 2 aliphatic rings. The van der Waals surface area contributed by atoms with Crippen molar-refractivity contribution in [3.63, 3.8) is 0 Å². The van der Waals surface area contributed by atoms with Crippen molar-refractivity contribution in [2.45, 2.75) is 32.2 Å². The average molecular weight is 316 g/mol. The SMILES string of the molecule is O=C1C[C@@H](C(=O)NCc2ccc(F)cc2)C2=C(CCCC2=O)N1. The van der Waals surface area contributed by atoms with Crippen LogP contribution in [-0.4, -0.2) is 17.6 Å². The third kappa shape index (κ3) is 3.31. The van der Waals surface area contributed by atoms with Gasteiger partial charge in [0.15, 0.2) is 5.78 Å². The lowest BCUT2D eigenvalue weighted by Crippen LogP contribution is -2.43. The van der Waals surface area contributed by atoms with Gasteiger partial charge in [-0.3, -0.25) is 14.4 Å². The van der Waals surface area contributed by atoms with E-state index in [1.54, 1.807) is 12.1 Å². The summed E-state index contributed by atoms with van der Waals surface area (Å²) in [5.41, 5.74) is 1.80. The Balaban J connectivity index is 1.73. The summed E-state index contributed by atoms with van der Waals surface area (Å²) in [6.45, 7) is 0.230. The first-order valence-electron chi connectivity index (χ1n) is 7.63. The molecule has 0 bridgehead atoms. The van der Waals surface area contributed by atoms with Gasteiger partial charge in [0.2, 0.25) is 11.8 Å². The summed E-state index contributed by atoms with van der Waals surface area (Å²) in [7, 11) is 0. The second kappa shape index (κ2) is 6.32. The second-order valence-electron chi connectivity index (χ2n) is 5.82. The summed E-state index contributed by atoms with van der Waals surface area (Å²) in [4.78, 5) is 36.3. The van der Waals surface area contributed by atoms with Crippen LogP contribution in [0.25, 0.3) is 0 Å². The molecule has 0 saturated carbocycles. The molecule has 5 nitrogen and oxygen atoms in total. The lowest BCUT2D eigenvalue weighted by Gasteiger charge is -2.30. The van der Waals surface area contributed by atoms with Crippen molar-refractivity contribution < 1.29 is 18.8 Å². The Morgan fingerprint density at radius 1 is 1.22 bits per heavy atom. The highest BCUT2D eigenvalue weighted by atomic mass is 19.1. The van der Waals surface area contributed by atoms with Gasteiger partial charge in [0.25, 0.3) is 0 Å². The standard InChI is InChI=1S/C17H17FN2O3/c18-11-6-4-10(5-7-11)9-19-17(23)12-8-15(22)20-13-2-1-3-14(21)16(12)13/h4-7,12H,1-3,8-9H2,(H,19,23)(H,20,22)/t12-/m1/s1. The van der Waals surface area contributed by atoms with Crippen LogP contribution in [-0.2, 0) is 20.9 Å².